The second-order valence-electron chi connectivity index (χ2n) is 4.38. The van der Waals surface area contributed by atoms with Gasteiger partial charge < -0.3 is 10.1 Å². The molecule has 0 amide bonds. The zero-order chi connectivity index (χ0) is 13.1. The van der Waals surface area contributed by atoms with Crippen molar-refractivity contribution >= 4 is 11.4 Å². The molecule has 0 aromatic heterocycles. The van der Waals surface area contributed by atoms with Gasteiger partial charge in [0.1, 0.15) is 0 Å². The predicted octanol–water partition coefficient (Wildman–Crippen LogP) is 2.71. The number of nitrogens with zero attached hydrogens (tertiary/aromatic N) is 1. The van der Waals surface area contributed by atoms with Crippen LogP contribution in [-0.2, 0) is 4.74 Å². The third-order valence-electron chi connectivity index (χ3n) is 3.26. The molecule has 1 aliphatic rings. The molecule has 0 saturated heterocycles. The summed E-state index contributed by atoms with van der Waals surface area (Å²) in [4.78, 5) is 9.90. The second kappa shape index (κ2) is 5.30. The Bertz CT molecular complexity index is 453. The first kappa shape index (κ1) is 12.8. The van der Waals surface area contributed by atoms with Crippen LogP contribution in [0, 0.1) is 15.9 Å². The van der Waals surface area contributed by atoms with E-state index in [9.17, 15) is 14.5 Å². The van der Waals surface area contributed by atoms with Gasteiger partial charge in [-0.15, -0.1) is 0 Å². The lowest BCUT2D eigenvalue weighted by Crippen LogP contribution is -2.30. The first-order chi connectivity index (χ1) is 8.61. The predicted molar refractivity (Wildman–Crippen MR) is 65.1 cm³/mol. The molecule has 0 radical (unpaired) electrons. The maximum absolute atomic E-state index is 13.7. The summed E-state index contributed by atoms with van der Waals surface area (Å²) >= 11 is 0. The third-order valence-corrected chi connectivity index (χ3v) is 3.26. The topological polar surface area (TPSA) is 64.4 Å². The van der Waals surface area contributed by atoms with Gasteiger partial charge in [0.25, 0.3) is 5.69 Å². The molecule has 98 valence electrons. The smallest absolute Gasteiger partial charge is 0.272 e. The number of anilines is 1. The number of nitro groups is 1. The summed E-state index contributed by atoms with van der Waals surface area (Å²) in [5, 5.41) is 13.6. The molecule has 1 N–H and O–H groups in total. The summed E-state index contributed by atoms with van der Waals surface area (Å²) in [6.45, 7) is 0. The number of ether oxygens (including phenoxy) is 1. The Morgan fingerprint density at radius 2 is 2.28 bits per heavy atom. The lowest BCUT2D eigenvalue weighted by atomic mass is 10.2. The van der Waals surface area contributed by atoms with Crippen molar-refractivity contribution < 1.29 is 14.1 Å². The van der Waals surface area contributed by atoms with E-state index in [1.165, 1.54) is 12.1 Å². The molecule has 6 heteroatoms. The molecule has 1 aliphatic carbocycles. The largest absolute Gasteiger partial charge is 0.379 e. The van der Waals surface area contributed by atoms with E-state index in [4.69, 9.17) is 4.74 Å². The van der Waals surface area contributed by atoms with Gasteiger partial charge in [0.2, 0.25) is 0 Å². The number of hydrogen-bond donors (Lipinski definition) is 1. The molecule has 1 fully saturated rings. The van der Waals surface area contributed by atoms with Gasteiger partial charge in [-0.05, 0) is 25.3 Å². The van der Waals surface area contributed by atoms with Crippen molar-refractivity contribution in [3.63, 3.8) is 0 Å². The maximum Gasteiger partial charge on any atom is 0.272 e. The number of nitro benzene ring substituents is 1. The van der Waals surface area contributed by atoms with Crippen LogP contribution in [-0.4, -0.2) is 24.2 Å². The normalized spacial score (nSPS) is 23.0. The first-order valence-corrected chi connectivity index (χ1v) is 5.85. The first-order valence-electron chi connectivity index (χ1n) is 5.85. The van der Waals surface area contributed by atoms with Crippen molar-refractivity contribution in [2.24, 2.45) is 0 Å². The minimum absolute atomic E-state index is 0.0611. The van der Waals surface area contributed by atoms with E-state index < -0.39 is 10.7 Å². The average molecular weight is 254 g/mol. The Labute approximate surface area is 104 Å². The van der Waals surface area contributed by atoms with Crippen LogP contribution in [0.25, 0.3) is 0 Å². The third kappa shape index (κ3) is 2.59. The number of hydrogen-bond acceptors (Lipinski definition) is 4. The molecule has 18 heavy (non-hydrogen) atoms. The molecule has 2 atom stereocenters. The fraction of sp³-hybridized carbons (Fsp3) is 0.500. The summed E-state index contributed by atoms with van der Waals surface area (Å²) in [5.74, 6) is -0.606. The Morgan fingerprint density at radius 1 is 1.50 bits per heavy atom. The van der Waals surface area contributed by atoms with Crippen molar-refractivity contribution in [1.29, 1.82) is 0 Å². The molecule has 1 aromatic rings. The molecule has 2 rings (SSSR count). The molecule has 1 saturated carbocycles. The van der Waals surface area contributed by atoms with Crippen LogP contribution in [0.3, 0.4) is 0 Å². The highest BCUT2D eigenvalue weighted by Crippen LogP contribution is 2.27. The Hall–Kier alpha value is -1.69. The fourth-order valence-electron chi connectivity index (χ4n) is 2.31. The lowest BCUT2D eigenvalue weighted by Gasteiger charge is -2.20. The Kier molecular flexibility index (Phi) is 3.76. The van der Waals surface area contributed by atoms with E-state index in [1.807, 2.05) is 0 Å². The summed E-state index contributed by atoms with van der Waals surface area (Å²) in [5.41, 5.74) is 0.0438. The highest BCUT2D eigenvalue weighted by atomic mass is 19.1. The van der Waals surface area contributed by atoms with E-state index in [0.717, 1.165) is 25.3 Å². The molecule has 0 bridgehead atoms. The van der Waals surface area contributed by atoms with E-state index in [1.54, 1.807) is 7.11 Å². The number of rotatable bonds is 4. The number of halogens is 1. The van der Waals surface area contributed by atoms with E-state index >= 15 is 0 Å². The summed E-state index contributed by atoms with van der Waals surface area (Å²) in [7, 11) is 1.64. The van der Waals surface area contributed by atoms with Gasteiger partial charge in [0.15, 0.2) is 5.82 Å². The zero-order valence-corrected chi connectivity index (χ0v) is 10.1. The van der Waals surface area contributed by atoms with Gasteiger partial charge in [-0.25, -0.2) is 4.39 Å². The van der Waals surface area contributed by atoms with Crippen LogP contribution in [0.4, 0.5) is 15.8 Å². The summed E-state index contributed by atoms with van der Waals surface area (Å²) in [6, 6.07) is 3.69. The standard InChI is InChI=1S/C12H15FN2O3/c1-18-12-4-2-3-11(12)14-10-6-5-8(15(16)17)7-9(10)13/h5-7,11-12,14H,2-4H2,1H3. The highest BCUT2D eigenvalue weighted by Gasteiger charge is 2.27. The molecule has 1 aromatic carbocycles. The van der Waals surface area contributed by atoms with Gasteiger partial charge in [-0.2, -0.15) is 0 Å². The molecule has 0 aliphatic heterocycles. The Balaban J connectivity index is 2.12. The lowest BCUT2D eigenvalue weighted by molar-refractivity contribution is -0.385. The van der Waals surface area contributed by atoms with Crippen LogP contribution in [0.2, 0.25) is 0 Å². The fourth-order valence-corrected chi connectivity index (χ4v) is 2.31. The van der Waals surface area contributed by atoms with E-state index in [0.29, 0.717) is 0 Å². The van der Waals surface area contributed by atoms with Gasteiger partial charge >= 0.3 is 0 Å². The maximum atomic E-state index is 13.7. The molecular formula is C12H15FN2O3. The number of benzene rings is 1. The van der Waals surface area contributed by atoms with Crippen molar-refractivity contribution in [2.75, 3.05) is 12.4 Å². The Morgan fingerprint density at radius 3 is 2.89 bits per heavy atom. The number of non-ortho nitro benzene ring substituents is 1. The highest BCUT2D eigenvalue weighted by molar-refractivity contribution is 5.51. The second-order valence-corrected chi connectivity index (χ2v) is 4.38. The number of nitrogens with one attached hydrogen (secondary N) is 1. The van der Waals surface area contributed by atoms with Gasteiger partial charge in [0, 0.05) is 13.2 Å². The van der Waals surface area contributed by atoms with Crippen LogP contribution < -0.4 is 5.32 Å². The molecule has 0 heterocycles. The van der Waals surface area contributed by atoms with Crippen LogP contribution >= 0.6 is 0 Å². The van der Waals surface area contributed by atoms with Gasteiger partial charge in [-0.1, -0.05) is 0 Å². The molecule has 5 nitrogen and oxygen atoms in total. The molecular weight excluding hydrogens is 239 g/mol. The molecule has 0 spiro atoms. The van der Waals surface area contributed by atoms with Crippen molar-refractivity contribution in [3.05, 3.63) is 34.1 Å². The van der Waals surface area contributed by atoms with Crippen molar-refractivity contribution in [1.82, 2.24) is 0 Å². The minimum atomic E-state index is -0.611. The van der Waals surface area contributed by atoms with Gasteiger partial charge in [-0.3, -0.25) is 10.1 Å². The zero-order valence-electron chi connectivity index (χ0n) is 10.1. The summed E-state index contributed by atoms with van der Waals surface area (Å²) in [6.07, 6.45) is 2.96. The van der Waals surface area contributed by atoms with Crippen LogP contribution in [0.1, 0.15) is 19.3 Å². The van der Waals surface area contributed by atoms with E-state index in [-0.39, 0.29) is 23.5 Å². The van der Waals surface area contributed by atoms with Crippen molar-refractivity contribution in [3.8, 4) is 0 Å². The quantitative estimate of drug-likeness (QED) is 0.662. The van der Waals surface area contributed by atoms with E-state index in [2.05, 4.69) is 5.32 Å². The van der Waals surface area contributed by atoms with Crippen molar-refractivity contribution in [2.45, 2.75) is 31.4 Å². The van der Waals surface area contributed by atoms with Crippen LogP contribution in [0.15, 0.2) is 18.2 Å². The summed E-state index contributed by atoms with van der Waals surface area (Å²) < 4.78 is 19.0. The SMILES string of the molecule is COC1CCCC1Nc1ccc([N+](=O)[O-])cc1F. The number of methoxy groups -OCH3 is 1. The molecule has 2 unspecified atom stereocenters. The minimum Gasteiger partial charge on any atom is -0.379 e. The van der Waals surface area contributed by atoms with Gasteiger partial charge in [0.05, 0.1) is 28.8 Å². The average Bonchev–Trinajstić information content (AvgIpc) is 2.78. The monoisotopic (exact) mass is 254 g/mol. The van der Waals surface area contributed by atoms with Crippen LogP contribution in [0.5, 0.6) is 0 Å².